The predicted molar refractivity (Wildman–Crippen MR) is 108 cm³/mol. The van der Waals surface area contributed by atoms with Crippen LogP contribution in [0.4, 0.5) is 5.69 Å². The van der Waals surface area contributed by atoms with E-state index in [0.29, 0.717) is 16.8 Å². The lowest BCUT2D eigenvalue weighted by Gasteiger charge is -2.07. The summed E-state index contributed by atoms with van der Waals surface area (Å²) in [6.07, 6.45) is 1.49. The van der Waals surface area contributed by atoms with E-state index in [1.165, 1.54) is 6.26 Å². The summed E-state index contributed by atoms with van der Waals surface area (Å²) < 4.78 is 5.42. The molecule has 4 aromatic rings. The second-order valence-electron chi connectivity index (χ2n) is 6.26. The summed E-state index contributed by atoms with van der Waals surface area (Å²) in [5, 5.41) is 2.82. The zero-order chi connectivity index (χ0) is 19.3. The Labute approximate surface area is 162 Å². The van der Waals surface area contributed by atoms with Crippen molar-refractivity contribution in [3.05, 3.63) is 114 Å². The van der Waals surface area contributed by atoms with Gasteiger partial charge in [-0.15, -0.1) is 0 Å². The number of nitrogens with one attached hydrogen (secondary N) is 1. The van der Waals surface area contributed by atoms with Crippen molar-refractivity contribution in [2.75, 3.05) is 5.32 Å². The molecule has 0 aliphatic rings. The molecule has 4 nitrogen and oxygen atoms in total. The first-order chi connectivity index (χ1) is 13.7. The van der Waals surface area contributed by atoms with E-state index in [2.05, 4.69) is 5.32 Å². The fourth-order valence-electron chi connectivity index (χ4n) is 3.01. The average molecular weight is 367 g/mol. The van der Waals surface area contributed by atoms with Crippen LogP contribution in [-0.4, -0.2) is 11.7 Å². The average Bonchev–Trinajstić information content (AvgIpc) is 3.25. The number of benzene rings is 3. The van der Waals surface area contributed by atoms with Crippen LogP contribution in [0, 0.1) is 0 Å². The third-order valence-electron chi connectivity index (χ3n) is 4.37. The van der Waals surface area contributed by atoms with E-state index < -0.39 is 0 Å². The van der Waals surface area contributed by atoms with Gasteiger partial charge in [0, 0.05) is 22.4 Å². The summed E-state index contributed by atoms with van der Waals surface area (Å²) in [5.74, 6) is -0.237. The zero-order valence-electron chi connectivity index (χ0n) is 15.0. The molecule has 0 atom stereocenters. The minimum absolute atomic E-state index is 0.0975. The van der Waals surface area contributed by atoms with Crippen molar-refractivity contribution in [2.45, 2.75) is 0 Å². The second-order valence-corrected chi connectivity index (χ2v) is 6.26. The molecule has 0 radical (unpaired) electrons. The highest BCUT2D eigenvalue weighted by atomic mass is 16.3. The van der Waals surface area contributed by atoms with Gasteiger partial charge in [-0.1, -0.05) is 72.8 Å². The Balaban J connectivity index is 1.57. The van der Waals surface area contributed by atoms with Gasteiger partial charge in [-0.3, -0.25) is 9.59 Å². The maximum Gasteiger partial charge on any atom is 0.292 e. The van der Waals surface area contributed by atoms with Gasteiger partial charge in [0.2, 0.25) is 0 Å². The number of amides is 1. The van der Waals surface area contributed by atoms with Crippen molar-refractivity contribution in [2.24, 2.45) is 0 Å². The highest BCUT2D eigenvalue weighted by molar-refractivity contribution is 6.11. The lowest BCUT2D eigenvalue weighted by Crippen LogP contribution is -2.12. The van der Waals surface area contributed by atoms with Crippen LogP contribution in [0.1, 0.15) is 26.5 Å². The van der Waals surface area contributed by atoms with Gasteiger partial charge >= 0.3 is 0 Å². The zero-order valence-corrected chi connectivity index (χ0v) is 15.0. The Hall–Kier alpha value is -3.92. The van der Waals surface area contributed by atoms with Crippen molar-refractivity contribution in [1.29, 1.82) is 0 Å². The smallest absolute Gasteiger partial charge is 0.292 e. The van der Waals surface area contributed by atoms with E-state index in [1.807, 2.05) is 48.5 Å². The largest absolute Gasteiger partial charge is 0.459 e. The fraction of sp³-hybridized carbons (Fsp3) is 0. The van der Waals surface area contributed by atoms with Crippen LogP contribution in [0.25, 0.3) is 11.1 Å². The molecule has 28 heavy (non-hydrogen) atoms. The van der Waals surface area contributed by atoms with Crippen molar-refractivity contribution in [3.63, 3.8) is 0 Å². The van der Waals surface area contributed by atoms with Crippen LogP contribution < -0.4 is 5.32 Å². The maximum absolute atomic E-state index is 12.7. The summed E-state index contributed by atoms with van der Waals surface area (Å²) >= 11 is 0. The lowest BCUT2D eigenvalue weighted by molar-refractivity contribution is 0.0995. The van der Waals surface area contributed by atoms with Gasteiger partial charge in [0.25, 0.3) is 5.91 Å². The Kier molecular flexibility index (Phi) is 4.85. The maximum atomic E-state index is 12.7. The Morgan fingerprint density at radius 1 is 0.714 bits per heavy atom. The number of rotatable bonds is 5. The molecule has 1 amide bonds. The Bertz CT molecular complexity index is 1110. The summed E-state index contributed by atoms with van der Waals surface area (Å²) in [4.78, 5) is 25.4. The quantitative estimate of drug-likeness (QED) is 0.479. The van der Waals surface area contributed by atoms with E-state index in [1.54, 1.807) is 42.5 Å². The Morgan fingerprint density at radius 3 is 2.14 bits per heavy atom. The molecule has 1 aromatic heterocycles. The summed E-state index contributed by atoms with van der Waals surface area (Å²) in [5.41, 5.74) is 3.25. The third kappa shape index (κ3) is 3.62. The van der Waals surface area contributed by atoms with Gasteiger partial charge in [0.05, 0.1) is 6.26 Å². The van der Waals surface area contributed by atoms with Crippen LogP contribution in [0.2, 0.25) is 0 Å². The minimum atomic E-state index is -0.367. The molecule has 0 spiro atoms. The first-order valence-corrected chi connectivity index (χ1v) is 8.86. The minimum Gasteiger partial charge on any atom is -0.459 e. The molecule has 0 aliphatic heterocycles. The van der Waals surface area contributed by atoms with Gasteiger partial charge in [0.1, 0.15) is 0 Å². The van der Waals surface area contributed by atoms with E-state index in [-0.39, 0.29) is 17.5 Å². The Morgan fingerprint density at radius 2 is 1.39 bits per heavy atom. The number of furan rings is 1. The van der Waals surface area contributed by atoms with Crippen molar-refractivity contribution in [1.82, 2.24) is 0 Å². The molecule has 0 unspecified atom stereocenters. The number of hydrogen-bond acceptors (Lipinski definition) is 3. The number of hydrogen-bond donors (Lipinski definition) is 1. The summed E-state index contributed by atoms with van der Waals surface area (Å²) in [7, 11) is 0. The molecule has 0 fully saturated rings. The molecule has 3 aromatic carbocycles. The molecule has 0 saturated carbocycles. The van der Waals surface area contributed by atoms with Crippen molar-refractivity contribution < 1.29 is 14.0 Å². The van der Waals surface area contributed by atoms with E-state index in [9.17, 15) is 9.59 Å². The number of anilines is 1. The van der Waals surface area contributed by atoms with Crippen molar-refractivity contribution in [3.8, 4) is 11.1 Å². The molecule has 136 valence electrons. The molecule has 1 heterocycles. The van der Waals surface area contributed by atoms with Gasteiger partial charge < -0.3 is 9.73 Å². The molecule has 0 saturated heterocycles. The standard InChI is InChI=1S/C24H17NO3/c26-22(18-10-5-2-6-11-18)19-12-7-13-20(16-19)25-24(27)23-21(14-15-28-23)17-8-3-1-4-9-17/h1-16H,(H,25,27). The fourth-order valence-corrected chi connectivity index (χ4v) is 3.01. The van der Waals surface area contributed by atoms with Gasteiger partial charge in [0.15, 0.2) is 11.5 Å². The monoisotopic (exact) mass is 367 g/mol. The highest BCUT2D eigenvalue weighted by Crippen LogP contribution is 2.25. The van der Waals surface area contributed by atoms with E-state index >= 15 is 0 Å². The van der Waals surface area contributed by atoms with Crippen molar-refractivity contribution >= 4 is 17.4 Å². The van der Waals surface area contributed by atoms with Gasteiger partial charge in [-0.2, -0.15) is 0 Å². The lowest BCUT2D eigenvalue weighted by atomic mass is 10.0. The molecule has 0 bridgehead atoms. The first kappa shape index (κ1) is 17.5. The van der Waals surface area contributed by atoms with Crippen LogP contribution >= 0.6 is 0 Å². The summed E-state index contributed by atoms with van der Waals surface area (Å²) in [6, 6.07) is 27.2. The van der Waals surface area contributed by atoms with Crippen LogP contribution in [0.15, 0.2) is 102 Å². The molecular formula is C24H17NO3. The predicted octanol–water partition coefficient (Wildman–Crippen LogP) is 5.43. The number of ketones is 1. The van der Waals surface area contributed by atoms with Gasteiger partial charge in [-0.05, 0) is 23.8 Å². The van der Waals surface area contributed by atoms with Crippen LogP contribution in [0.3, 0.4) is 0 Å². The van der Waals surface area contributed by atoms with Gasteiger partial charge in [-0.25, -0.2) is 0 Å². The molecule has 1 N–H and O–H groups in total. The molecule has 4 rings (SSSR count). The molecule has 4 heteroatoms. The van der Waals surface area contributed by atoms with E-state index in [4.69, 9.17) is 4.42 Å². The number of carbonyl (C=O) groups excluding carboxylic acids is 2. The normalized spacial score (nSPS) is 10.4. The molecular weight excluding hydrogens is 350 g/mol. The van der Waals surface area contributed by atoms with Crippen LogP contribution in [-0.2, 0) is 0 Å². The third-order valence-corrected chi connectivity index (χ3v) is 4.37. The van der Waals surface area contributed by atoms with E-state index in [0.717, 1.165) is 11.1 Å². The second kappa shape index (κ2) is 7.76. The highest BCUT2D eigenvalue weighted by Gasteiger charge is 2.17. The topological polar surface area (TPSA) is 59.3 Å². The SMILES string of the molecule is O=C(c1ccccc1)c1cccc(NC(=O)c2occc2-c2ccccc2)c1. The number of carbonyl (C=O) groups is 2. The summed E-state index contributed by atoms with van der Waals surface area (Å²) in [6.45, 7) is 0. The molecule has 0 aliphatic carbocycles. The first-order valence-electron chi connectivity index (χ1n) is 8.86. The van der Waals surface area contributed by atoms with Crippen LogP contribution in [0.5, 0.6) is 0 Å².